The van der Waals surface area contributed by atoms with E-state index in [1.165, 1.54) is 17.7 Å². The maximum absolute atomic E-state index is 11.5. The van der Waals surface area contributed by atoms with Gasteiger partial charge in [-0.05, 0) is 0 Å². The van der Waals surface area contributed by atoms with Crippen LogP contribution in [0.25, 0.3) is 10.3 Å². The molecule has 0 aliphatic carbocycles. The van der Waals surface area contributed by atoms with E-state index in [4.69, 9.17) is 4.74 Å². The fourth-order valence-corrected chi connectivity index (χ4v) is 2.61. The van der Waals surface area contributed by atoms with Crippen LogP contribution in [0.3, 0.4) is 0 Å². The largest absolute Gasteiger partial charge is 0.378 e. The number of anilines is 1. The molecule has 3 heterocycles. The molecular formula is C9H10N4O2S. The number of morpholine rings is 1. The van der Waals surface area contributed by atoms with Crippen LogP contribution in [0.2, 0.25) is 0 Å². The molecule has 0 bridgehead atoms. The van der Waals surface area contributed by atoms with Crippen molar-refractivity contribution < 1.29 is 4.74 Å². The van der Waals surface area contributed by atoms with Crippen LogP contribution in [0.4, 0.5) is 5.13 Å². The Hall–Kier alpha value is -1.47. The molecule has 0 radical (unpaired) electrons. The normalized spacial score (nSPS) is 16.9. The highest BCUT2D eigenvalue weighted by Crippen LogP contribution is 2.25. The summed E-state index contributed by atoms with van der Waals surface area (Å²) in [5.74, 6) is 0. The summed E-state index contributed by atoms with van der Waals surface area (Å²) in [6, 6.07) is 0. The second-order valence-electron chi connectivity index (χ2n) is 3.48. The molecule has 7 heteroatoms. The van der Waals surface area contributed by atoms with E-state index in [9.17, 15) is 4.79 Å². The number of H-pyrrole nitrogens is 1. The second kappa shape index (κ2) is 3.84. The average molecular weight is 238 g/mol. The van der Waals surface area contributed by atoms with Crippen molar-refractivity contribution in [3.63, 3.8) is 0 Å². The molecule has 0 unspecified atom stereocenters. The number of hydrogen-bond acceptors (Lipinski definition) is 6. The van der Waals surface area contributed by atoms with Crippen molar-refractivity contribution in [2.45, 2.75) is 0 Å². The maximum atomic E-state index is 11.5. The summed E-state index contributed by atoms with van der Waals surface area (Å²) in [6.07, 6.45) is 1.38. The zero-order valence-electron chi connectivity index (χ0n) is 8.47. The van der Waals surface area contributed by atoms with E-state index >= 15 is 0 Å². The second-order valence-corrected chi connectivity index (χ2v) is 4.46. The van der Waals surface area contributed by atoms with Gasteiger partial charge in [-0.15, -0.1) is 0 Å². The molecule has 2 aromatic heterocycles. The first-order chi connectivity index (χ1) is 7.84. The molecule has 0 spiro atoms. The molecule has 1 aliphatic heterocycles. The van der Waals surface area contributed by atoms with Crippen molar-refractivity contribution in [3.8, 4) is 0 Å². The minimum atomic E-state index is -0.123. The smallest absolute Gasteiger partial charge is 0.270 e. The molecule has 0 atom stereocenters. The standard InChI is InChI=1S/C9H10N4O2S/c14-8-6-7(10-5-11-8)12-9(16-6)13-1-3-15-4-2-13/h5H,1-4H2,(H,10,11,14). The van der Waals surface area contributed by atoms with Gasteiger partial charge in [-0.25, -0.2) is 4.98 Å². The highest BCUT2D eigenvalue weighted by molar-refractivity contribution is 7.22. The summed E-state index contributed by atoms with van der Waals surface area (Å²) in [6.45, 7) is 3.05. The van der Waals surface area contributed by atoms with Crippen molar-refractivity contribution in [1.29, 1.82) is 0 Å². The number of thiazole rings is 1. The molecule has 6 nitrogen and oxygen atoms in total. The molecule has 1 fully saturated rings. The van der Waals surface area contributed by atoms with Crippen LogP contribution in [0.1, 0.15) is 0 Å². The predicted octanol–water partition coefficient (Wildman–Crippen LogP) is 0.216. The molecule has 0 saturated carbocycles. The van der Waals surface area contributed by atoms with Gasteiger partial charge in [0.05, 0.1) is 19.5 Å². The van der Waals surface area contributed by atoms with Gasteiger partial charge < -0.3 is 14.6 Å². The molecule has 1 saturated heterocycles. The third-order valence-corrected chi connectivity index (χ3v) is 3.57. The van der Waals surface area contributed by atoms with E-state index < -0.39 is 0 Å². The monoisotopic (exact) mass is 238 g/mol. The molecule has 2 aromatic rings. The zero-order chi connectivity index (χ0) is 11.0. The van der Waals surface area contributed by atoms with Gasteiger partial charge in [-0.1, -0.05) is 11.3 Å². The first-order valence-electron chi connectivity index (χ1n) is 5.01. The van der Waals surface area contributed by atoms with Crippen LogP contribution in [0.5, 0.6) is 0 Å². The van der Waals surface area contributed by atoms with Gasteiger partial charge in [-0.2, -0.15) is 4.98 Å². The van der Waals surface area contributed by atoms with Gasteiger partial charge in [0.15, 0.2) is 10.8 Å². The topological polar surface area (TPSA) is 71.1 Å². The number of aromatic amines is 1. The summed E-state index contributed by atoms with van der Waals surface area (Å²) in [7, 11) is 0. The Morgan fingerprint density at radius 2 is 2.25 bits per heavy atom. The van der Waals surface area contributed by atoms with Crippen LogP contribution >= 0.6 is 11.3 Å². The fraction of sp³-hybridized carbons (Fsp3) is 0.444. The van der Waals surface area contributed by atoms with Crippen LogP contribution in [-0.4, -0.2) is 41.3 Å². The number of fused-ring (bicyclic) bond motifs is 1. The molecule has 84 valence electrons. The Balaban J connectivity index is 2.04. The molecular weight excluding hydrogens is 228 g/mol. The van der Waals surface area contributed by atoms with Crippen LogP contribution < -0.4 is 10.5 Å². The predicted molar refractivity (Wildman–Crippen MR) is 61.1 cm³/mol. The van der Waals surface area contributed by atoms with Gasteiger partial charge in [0.25, 0.3) is 5.56 Å². The molecule has 16 heavy (non-hydrogen) atoms. The Morgan fingerprint density at radius 3 is 3.00 bits per heavy atom. The maximum Gasteiger partial charge on any atom is 0.270 e. The Kier molecular flexibility index (Phi) is 2.33. The van der Waals surface area contributed by atoms with Gasteiger partial charge in [0, 0.05) is 13.1 Å². The summed E-state index contributed by atoms with van der Waals surface area (Å²) < 4.78 is 5.86. The third-order valence-electron chi connectivity index (χ3n) is 2.47. The van der Waals surface area contributed by atoms with Crippen LogP contribution in [-0.2, 0) is 4.74 Å². The summed E-state index contributed by atoms with van der Waals surface area (Å²) in [4.78, 5) is 24.6. The number of aromatic nitrogens is 3. The lowest BCUT2D eigenvalue weighted by Crippen LogP contribution is -2.36. The number of nitrogens with one attached hydrogen (secondary N) is 1. The Morgan fingerprint density at radius 1 is 1.44 bits per heavy atom. The highest BCUT2D eigenvalue weighted by atomic mass is 32.1. The van der Waals surface area contributed by atoms with Gasteiger partial charge >= 0.3 is 0 Å². The van der Waals surface area contributed by atoms with E-state index in [-0.39, 0.29) is 5.56 Å². The molecule has 0 amide bonds. The van der Waals surface area contributed by atoms with Crippen molar-refractivity contribution in [2.24, 2.45) is 0 Å². The zero-order valence-corrected chi connectivity index (χ0v) is 9.29. The van der Waals surface area contributed by atoms with Crippen molar-refractivity contribution in [1.82, 2.24) is 15.0 Å². The summed E-state index contributed by atoms with van der Waals surface area (Å²) in [5, 5.41) is 0.850. The lowest BCUT2D eigenvalue weighted by atomic mass is 10.5. The minimum absolute atomic E-state index is 0.123. The van der Waals surface area contributed by atoms with Crippen LogP contribution in [0.15, 0.2) is 11.1 Å². The third kappa shape index (κ3) is 1.57. The molecule has 1 aliphatic rings. The van der Waals surface area contributed by atoms with Gasteiger partial charge in [-0.3, -0.25) is 4.79 Å². The molecule has 0 aromatic carbocycles. The number of ether oxygens (including phenoxy) is 1. The highest BCUT2D eigenvalue weighted by Gasteiger charge is 2.16. The summed E-state index contributed by atoms with van der Waals surface area (Å²) >= 11 is 1.38. The van der Waals surface area contributed by atoms with Crippen LogP contribution in [0, 0.1) is 0 Å². The Labute approximate surface area is 94.9 Å². The van der Waals surface area contributed by atoms with E-state index in [0.717, 1.165) is 18.2 Å². The lowest BCUT2D eigenvalue weighted by molar-refractivity contribution is 0.122. The molecule has 3 rings (SSSR count). The minimum Gasteiger partial charge on any atom is -0.378 e. The van der Waals surface area contributed by atoms with Gasteiger partial charge in [0.1, 0.15) is 4.70 Å². The van der Waals surface area contributed by atoms with Gasteiger partial charge in [0.2, 0.25) is 0 Å². The van der Waals surface area contributed by atoms with E-state index in [1.807, 2.05) is 0 Å². The van der Waals surface area contributed by atoms with Crippen molar-refractivity contribution >= 4 is 26.8 Å². The van der Waals surface area contributed by atoms with E-state index in [2.05, 4.69) is 19.9 Å². The van der Waals surface area contributed by atoms with Crippen molar-refractivity contribution in [3.05, 3.63) is 16.7 Å². The fourth-order valence-electron chi connectivity index (χ4n) is 1.64. The number of rotatable bonds is 1. The number of hydrogen-bond donors (Lipinski definition) is 1. The first kappa shape index (κ1) is 9.73. The SMILES string of the molecule is O=c1[nH]cnc2nc(N3CCOCC3)sc12. The number of nitrogens with zero attached hydrogens (tertiary/aromatic N) is 3. The van der Waals surface area contributed by atoms with E-state index in [0.29, 0.717) is 23.6 Å². The molecule has 1 N–H and O–H groups in total. The quantitative estimate of drug-likeness (QED) is 0.769. The van der Waals surface area contributed by atoms with Crippen molar-refractivity contribution in [2.75, 3.05) is 31.2 Å². The average Bonchev–Trinajstić information content (AvgIpc) is 2.76. The summed E-state index contributed by atoms with van der Waals surface area (Å²) in [5.41, 5.74) is 0.400. The van der Waals surface area contributed by atoms with E-state index in [1.54, 1.807) is 0 Å². The Bertz CT molecular complexity index is 558. The lowest BCUT2D eigenvalue weighted by Gasteiger charge is -2.25. The first-order valence-corrected chi connectivity index (χ1v) is 5.83.